The van der Waals surface area contributed by atoms with Gasteiger partial charge in [-0.2, -0.15) is 0 Å². The third-order valence-corrected chi connectivity index (χ3v) is 8.88. The van der Waals surface area contributed by atoms with Gasteiger partial charge in [-0.25, -0.2) is 0 Å². The SMILES string of the molecule is Cc1ccc2c(c1)C1(CCCCCCCCCCCCCCCCCCC1)c1cc(C)ccc1-2. The maximum atomic E-state index is 2.54. The maximum Gasteiger partial charge on any atom is 0.0215 e. The third-order valence-electron chi connectivity index (χ3n) is 8.88. The second kappa shape index (κ2) is 12.9. The summed E-state index contributed by atoms with van der Waals surface area (Å²) in [5, 5.41) is 0. The number of hydrogen-bond acceptors (Lipinski definition) is 0. The van der Waals surface area contributed by atoms with Crippen molar-refractivity contribution >= 4 is 0 Å². The van der Waals surface area contributed by atoms with Crippen LogP contribution in [0.2, 0.25) is 0 Å². The van der Waals surface area contributed by atoms with E-state index in [-0.39, 0.29) is 5.41 Å². The van der Waals surface area contributed by atoms with Gasteiger partial charge in [0.15, 0.2) is 0 Å². The van der Waals surface area contributed by atoms with E-state index in [2.05, 4.69) is 50.2 Å². The lowest BCUT2D eigenvalue weighted by atomic mass is 9.70. The summed E-state index contributed by atoms with van der Waals surface area (Å²) in [5.41, 5.74) is 9.43. The summed E-state index contributed by atoms with van der Waals surface area (Å²) in [7, 11) is 0. The molecule has 1 saturated carbocycles. The van der Waals surface area contributed by atoms with E-state index in [1.165, 1.54) is 144 Å². The van der Waals surface area contributed by atoms with Gasteiger partial charge in [-0.15, -0.1) is 0 Å². The first kappa shape index (κ1) is 25.5. The average Bonchev–Trinajstić information content (AvgIpc) is 3.08. The van der Waals surface area contributed by atoms with Gasteiger partial charge in [-0.3, -0.25) is 0 Å². The highest BCUT2D eigenvalue weighted by Crippen LogP contribution is 2.54. The highest BCUT2D eigenvalue weighted by Gasteiger charge is 2.42. The monoisotopic (exact) mass is 458 g/mol. The number of aryl methyl sites for hydroxylation is 2. The summed E-state index contributed by atoms with van der Waals surface area (Å²) >= 11 is 0. The molecule has 4 rings (SSSR count). The van der Waals surface area contributed by atoms with E-state index in [1.54, 1.807) is 11.1 Å². The average molecular weight is 459 g/mol. The van der Waals surface area contributed by atoms with E-state index in [0.717, 1.165) is 0 Å². The van der Waals surface area contributed by atoms with Crippen LogP contribution in [0, 0.1) is 13.8 Å². The second-order valence-corrected chi connectivity index (χ2v) is 11.7. The lowest BCUT2D eigenvalue weighted by Gasteiger charge is -2.33. The Balaban J connectivity index is 1.52. The number of hydrogen-bond donors (Lipinski definition) is 0. The Labute approximate surface area is 211 Å². The van der Waals surface area contributed by atoms with Crippen LogP contribution in [0.1, 0.15) is 144 Å². The molecule has 0 atom stereocenters. The lowest BCUT2D eigenvalue weighted by Crippen LogP contribution is -2.25. The predicted molar refractivity (Wildman–Crippen MR) is 150 cm³/mol. The molecule has 34 heavy (non-hydrogen) atoms. The summed E-state index contributed by atoms with van der Waals surface area (Å²) in [4.78, 5) is 0. The lowest BCUT2D eigenvalue weighted by molar-refractivity contribution is 0.396. The predicted octanol–water partition coefficient (Wildman–Crippen LogP) is 11.0. The van der Waals surface area contributed by atoms with Gasteiger partial charge in [0.05, 0.1) is 0 Å². The molecular formula is C34H50. The molecule has 0 radical (unpaired) electrons. The number of fused-ring (bicyclic) bond motifs is 5. The number of rotatable bonds is 0. The summed E-state index contributed by atoms with van der Waals surface area (Å²) in [6.45, 7) is 4.57. The Bertz CT molecular complexity index is 815. The molecule has 0 heteroatoms. The standard InChI is InChI=1S/C34H50/c1-28-20-22-30-31-23-21-29(2)27-33(31)34(32(30)26-28)24-18-16-14-12-10-8-6-4-3-5-7-9-11-13-15-17-19-25-34/h20-23,26-27H,3-19,24-25H2,1-2H3. The van der Waals surface area contributed by atoms with Gasteiger partial charge in [0, 0.05) is 5.41 Å². The van der Waals surface area contributed by atoms with Crippen molar-refractivity contribution in [2.75, 3.05) is 0 Å². The quantitative estimate of drug-likeness (QED) is 0.368. The van der Waals surface area contributed by atoms with E-state index >= 15 is 0 Å². The molecule has 0 nitrogen and oxygen atoms in total. The Morgan fingerprint density at radius 1 is 0.412 bits per heavy atom. The molecule has 2 aliphatic rings. The largest absolute Gasteiger partial charge is 0.0587 e. The molecule has 0 aliphatic heterocycles. The van der Waals surface area contributed by atoms with Gasteiger partial charge in [0.2, 0.25) is 0 Å². The molecule has 0 heterocycles. The fourth-order valence-electron chi connectivity index (χ4n) is 6.89. The van der Waals surface area contributed by atoms with Gasteiger partial charge in [0.1, 0.15) is 0 Å². The Morgan fingerprint density at radius 2 is 0.706 bits per heavy atom. The summed E-state index contributed by atoms with van der Waals surface area (Å²) < 4.78 is 0. The van der Waals surface area contributed by atoms with Crippen LogP contribution in [0.25, 0.3) is 11.1 Å². The summed E-state index contributed by atoms with van der Waals surface area (Å²) in [5.74, 6) is 0. The maximum absolute atomic E-state index is 2.54. The van der Waals surface area contributed by atoms with Crippen LogP contribution in [-0.4, -0.2) is 0 Å². The van der Waals surface area contributed by atoms with E-state index in [0.29, 0.717) is 0 Å². The molecule has 1 fully saturated rings. The van der Waals surface area contributed by atoms with Crippen LogP contribution in [0.4, 0.5) is 0 Å². The summed E-state index contributed by atoms with van der Waals surface area (Å²) in [6.07, 6.45) is 27.2. The first-order chi connectivity index (χ1) is 16.7. The first-order valence-electron chi connectivity index (χ1n) is 14.9. The van der Waals surface area contributed by atoms with Crippen LogP contribution in [0.3, 0.4) is 0 Å². The Kier molecular flexibility index (Phi) is 9.72. The van der Waals surface area contributed by atoms with E-state index in [4.69, 9.17) is 0 Å². The fourth-order valence-corrected chi connectivity index (χ4v) is 6.89. The smallest absolute Gasteiger partial charge is 0.0215 e. The fraction of sp³-hybridized carbons (Fsp3) is 0.647. The molecule has 0 saturated heterocycles. The van der Waals surface area contributed by atoms with Gasteiger partial charge >= 0.3 is 0 Å². The van der Waals surface area contributed by atoms with Gasteiger partial charge in [-0.1, -0.05) is 157 Å². The van der Waals surface area contributed by atoms with E-state index in [9.17, 15) is 0 Å². The minimum Gasteiger partial charge on any atom is -0.0587 e. The van der Waals surface area contributed by atoms with Crippen molar-refractivity contribution in [3.8, 4) is 11.1 Å². The molecule has 0 unspecified atom stereocenters. The first-order valence-corrected chi connectivity index (χ1v) is 14.9. The molecule has 0 bridgehead atoms. The molecular weight excluding hydrogens is 408 g/mol. The molecule has 2 aromatic rings. The topological polar surface area (TPSA) is 0 Å². The van der Waals surface area contributed by atoms with E-state index < -0.39 is 0 Å². The van der Waals surface area contributed by atoms with E-state index in [1.807, 2.05) is 0 Å². The van der Waals surface area contributed by atoms with Crippen molar-refractivity contribution in [1.82, 2.24) is 0 Å². The molecule has 0 N–H and O–H groups in total. The zero-order chi connectivity index (χ0) is 23.6. The normalized spacial score (nSPS) is 21.0. The van der Waals surface area contributed by atoms with Crippen molar-refractivity contribution in [3.63, 3.8) is 0 Å². The Hall–Kier alpha value is -1.56. The molecule has 0 amide bonds. The molecule has 2 aromatic carbocycles. The van der Waals surface area contributed by atoms with Gasteiger partial charge in [-0.05, 0) is 48.9 Å². The highest BCUT2D eigenvalue weighted by atomic mass is 14.4. The van der Waals surface area contributed by atoms with Crippen LogP contribution in [-0.2, 0) is 5.41 Å². The minimum atomic E-state index is 0.240. The van der Waals surface area contributed by atoms with Crippen molar-refractivity contribution < 1.29 is 0 Å². The molecule has 2 aliphatic carbocycles. The van der Waals surface area contributed by atoms with Crippen molar-refractivity contribution in [1.29, 1.82) is 0 Å². The second-order valence-electron chi connectivity index (χ2n) is 11.7. The van der Waals surface area contributed by atoms with Crippen LogP contribution in [0.15, 0.2) is 36.4 Å². The number of benzene rings is 2. The molecule has 1 spiro atoms. The van der Waals surface area contributed by atoms with Crippen molar-refractivity contribution in [2.24, 2.45) is 0 Å². The zero-order valence-corrected chi connectivity index (χ0v) is 22.4. The van der Waals surface area contributed by atoms with Gasteiger partial charge < -0.3 is 0 Å². The highest BCUT2D eigenvalue weighted by molar-refractivity contribution is 5.81. The molecule has 0 aromatic heterocycles. The molecule has 186 valence electrons. The van der Waals surface area contributed by atoms with Crippen LogP contribution < -0.4 is 0 Å². The van der Waals surface area contributed by atoms with Gasteiger partial charge in [0.25, 0.3) is 0 Å². The Morgan fingerprint density at radius 3 is 1.03 bits per heavy atom. The minimum absolute atomic E-state index is 0.240. The van der Waals surface area contributed by atoms with Crippen LogP contribution in [0.5, 0.6) is 0 Å². The van der Waals surface area contributed by atoms with Crippen molar-refractivity contribution in [3.05, 3.63) is 58.7 Å². The summed E-state index contributed by atoms with van der Waals surface area (Å²) in [6, 6.07) is 14.6. The third kappa shape index (κ3) is 6.35. The zero-order valence-electron chi connectivity index (χ0n) is 22.4. The van der Waals surface area contributed by atoms with Crippen LogP contribution >= 0.6 is 0 Å². The van der Waals surface area contributed by atoms with Crippen molar-refractivity contribution in [2.45, 2.75) is 141 Å².